The Morgan fingerprint density at radius 2 is 2.10 bits per heavy atom. The first-order valence-electron chi connectivity index (χ1n) is 7.77. The van der Waals surface area contributed by atoms with Gasteiger partial charge in [-0.25, -0.2) is 0 Å². The Morgan fingerprint density at radius 3 is 2.76 bits per heavy atom. The number of ether oxygens (including phenoxy) is 1. The van der Waals surface area contributed by atoms with Crippen molar-refractivity contribution in [3.05, 3.63) is 42.0 Å². The van der Waals surface area contributed by atoms with E-state index in [0.29, 0.717) is 6.10 Å². The molecule has 3 heteroatoms. The molecule has 0 N–H and O–H groups in total. The van der Waals surface area contributed by atoms with Gasteiger partial charge in [-0.3, -0.25) is 4.79 Å². The van der Waals surface area contributed by atoms with Crippen molar-refractivity contribution in [2.75, 3.05) is 20.2 Å². The summed E-state index contributed by atoms with van der Waals surface area (Å²) in [4.78, 5) is 14.0. The number of benzene rings is 1. The third-order valence-electron chi connectivity index (χ3n) is 4.01. The normalized spacial score (nSPS) is 19.3. The molecule has 1 aliphatic heterocycles. The fourth-order valence-corrected chi connectivity index (χ4v) is 2.56. The first-order chi connectivity index (χ1) is 10.2. The van der Waals surface area contributed by atoms with Crippen molar-refractivity contribution in [3.63, 3.8) is 0 Å². The highest BCUT2D eigenvalue weighted by Gasteiger charge is 2.15. The highest BCUT2D eigenvalue weighted by Crippen LogP contribution is 2.16. The van der Waals surface area contributed by atoms with Gasteiger partial charge in [-0.1, -0.05) is 30.3 Å². The molecule has 0 spiro atoms. The van der Waals surface area contributed by atoms with Gasteiger partial charge in [0.1, 0.15) is 0 Å². The van der Waals surface area contributed by atoms with Crippen LogP contribution in [0.5, 0.6) is 0 Å². The second kappa shape index (κ2) is 7.99. The van der Waals surface area contributed by atoms with Crippen LogP contribution >= 0.6 is 0 Å². The molecule has 0 aliphatic carbocycles. The van der Waals surface area contributed by atoms with Crippen LogP contribution in [0.2, 0.25) is 0 Å². The molecule has 0 bridgehead atoms. The number of likely N-dealkylation sites (N-methyl/N-ethyl adjacent to an activating group) is 1. The molecule has 0 saturated carbocycles. The van der Waals surface area contributed by atoms with Gasteiger partial charge in [-0.2, -0.15) is 0 Å². The van der Waals surface area contributed by atoms with E-state index in [-0.39, 0.29) is 5.91 Å². The number of carbonyl (C=O) groups excluding carboxylic acids is 1. The van der Waals surface area contributed by atoms with Crippen LogP contribution in [-0.4, -0.2) is 37.1 Å². The molecule has 1 saturated heterocycles. The number of carbonyl (C=O) groups is 1. The van der Waals surface area contributed by atoms with Crippen LogP contribution in [0.4, 0.5) is 0 Å². The van der Waals surface area contributed by atoms with Crippen molar-refractivity contribution < 1.29 is 9.53 Å². The monoisotopic (exact) mass is 287 g/mol. The number of allylic oxidation sites excluding steroid dienone is 1. The molecule has 21 heavy (non-hydrogen) atoms. The van der Waals surface area contributed by atoms with E-state index in [0.717, 1.165) is 37.1 Å². The number of rotatable bonds is 5. The van der Waals surface area contributed by atoms with Crippen LogP contribution < -0.4 is 0 Å². The highest BCUT2D eigenvalue weighted by molar-refractivity contribution is 5.94. The summed E-state index contributed by atoms with van der Waals surface area (Å²) in [6, 6.07) is 10.0. The molecule has 1 heterocycles. The third-order valence-corrected chi connectivity index (χ3v) is 4.01. The van der Waals surface area contributed by atoms with Crippen molar-refractivity contribution in [2.45, 2.75) is 38.7 Å². The summed E-state index contributed by atoms with van der Waals surface area (Å²) < 4.78 is 5.71. The SMILES string of the molecule is C/C(=C\C(=O)N(C)CCC1CCCCO1)c1ccccc1. The van der Waals surface area contributed by atoms with E-state index in [1.807, 2.05) is 44.3 Å². The molecule has 1 aromatic rings. The molecular weight excluding hydrogens is 262 g/mol. The highest BCUT2D eigenvalue weighted by atomic mass is 16.5. The lowest BCUT2D eigenvalue weighted by Crippen LogP contribution is -2.30. The summed E-state index contributed by atoms with van der Waals surface area (Å²) in [7, 11) is 1.86. The van der Waals surface area contributed by atoms with Crippen LogP contribution in [0, 0.1) is 0 Å². The fraction of sp³-hybridized carbons (Fsp3) is 0.500. The molecule has 0 aromatic heterocycles. The summed E-state index contributed by atoms with van der Waals surface area (Å²) in [6.07, 6.45) is 6.52. The summed E-state index contributed by atoms with van der Waals surface area (Å²) in [5.74, 6) is 0.0622. The van der Waals surface area contributed by atoms with Crippen LogP contribution in [0.3, 0.4) is 0 Å². The lowest BCUT2D eigenvalue weighted by atomic mass is 10.1. The maximum absolute atomic E-state index is 12.2. The van der Waals surface area contributed by atoms with E-state index in [1.165, 1.54) is 12.8 Å². The second-order valence-corrected chi connectivity index (χ2v) is 5.73. The standard InChI is InChI=1S/C18H25NO2/c1-15(16-8-4-3-5-9-16)14-18(20)19(2)12-11-17-10-6-7-13-21-17/h3-5,8-9,14,17H,6-7,10-13H2,1-2H3/b15-14+. The molecule has 2 rings (SSSR count). The molecule has 0 radical (unpaired) electrons. The minimum absolute atomic E-state index is 0.0622. The fourth-order valence-electron chi connectivity index (χ4n) is 2.56. The number of hydrogen-bond acceptors (Lipinski definition) is 2. The zero-order valence-electron chi connectivity index (χ0n) is 13.0. The van der Waals surface area contributed by atoms with Gasteiger partial charge in [-0.05, 0) is 43.7 Å². The molecule has 1 fully saturated rings. The molecule has 114 valence electrons. The minimum atomic E-state index is 0.0622. The molecule has 1 aromatic carbocycles. The Hall–Kier alpha value is -1.61. The maximum Gasteiger partial charge on any atom is 0.246 e. The van der Waals surface area contributed by atoms with Crippen LogP contribution in [0.1, 0.15) is 38.2 Å². The van der Waals surface area contributed by atoms with Crippen molar-refractivity contribution in [3.8, 4) is 0 Å². The van der Waals surface area contributed by atoms with E-state index < -0.39 is 0 Å². The first-order valence-corrected chi connectivity index (χ1v) is 7.77. The van der Waals surface area contributed by atoms with E-state index in [1.54, 1.807) is 11.0 Å². The van der Waals surface area contributed by atoms with Crippen LogP contribution in [0.25, 0.3) is 5.57 Å². The van der Waals surface area contributed by atoms with Crippen molar-refractivity contribution in [2.24, 2.45) is 0 Å². The predicted molar refractivity (Wildman–Crippen MR) is 85.9 cm³/mol. The average Bonchev–Trinajstić information content (AvgIpc) is 2.54. The van der Waals surface area contributed by atoms with E-state index in [2.05, 4.69) is 0 Å². The maximum atomic E-state index is 12.2. The Bertz CT molecular complexity index is 475. The Morgan fingerprint density at radius 1 is 1.33 bits per heavy atom. The molecule has 1 atom stereocenters. The number of nitrogens with zero attached hydrogens (tertiary/aromatic N) is 1. The zero-order valence-corrected chi connectivity index (χ0v) is 13.0. The van der Waals surface area contributed by atoms with E-state index in [4.69, 9.17) is 4.74 Å². The van der Waals surface area contributed by atoms with Gasteiger partial charge in [0.25, 0.3) is 0 Å². The lowest BCUT2D eigenvalue weighted by molar-refractivity contribution is -0.125. The summed E-state index contributed by atoms with van der Waals surface area (Å²) >= 11 is 0. The molecular formula is C18H25NO2. The van der Waals surface area contributed by atoms with Crippen LogP contribution in [0.15, 0.2) is 36.4 Å². The quantitative estimate of drug-likeness (QED) is 0.776. The van der Waals surface area contributed by atoms with Crippen molar-refractivity contribution in [1.82, 2.24) is 4.90 Å². The van der Waals surface area contributed by atoms with Crippen LogP contribution in [-0.2, 0) is 9.53 Å². The Kier molecular flexibility index (Phi) is 6.00. The Labute approximate surface area is 127 Å². The number of amides is 1. The van der Waals surface area contributed by atoms with Gasteiger partial charge in [-0.15, -0.1) is 0 Å². The van der Waals surface area contributed by atoms with Crippen molar-refractivity contribution >= 4 is 11.5 Å². The van der Waals surface area contributed by atoms with Gasteiger partial charge in [0.2, 0.25) is 5.91 Å². The third kappa shape index (κ3) is 5.01. The zero-order chi connectivity index (χ0) is 15.1. The summed E-state index contributed by atoms with van der Waals surface area (Å²) in [6.45, 7) is 3.60. The number of hydrogen-bond donors (Lipinski definition) is 0. The molecule has 1 aliphatic rings. The minimum Gasteiger partial charge on any atom is -0.378 e. The lowest BCUT2D eigenvalue weighted by Gasteiger charge is -2.25. The van der Waals surface area contributed by atoms with E-state index >= 15 is 0 Å². The van der Waals surface area contributed by atoms with Gasteiger partial charge in [0.05, 0.1) is 6.10 Å². The first kappa shape index (κ1) is 15.8. The van der Waals surface area contributed by atoms with Gasteiger partial charge in [0.15, 0.2) is 0 Å². The van der Waals surface area contributed by atoms with Crippen molar-refractivity contribution in [1.29, 1.82) is 0 Å². The average molecular weight is 287 g/mol. The predicted octanol–water partition coefficient (Wildman–Crippen LogP) is 3.51. The smallest absolute Gasteiger partial charge is 0.246 e. The van der Waals surface area contributed by atoms with Gasteiger partial charge < -0.3 is 9.64 Å². The molecule has 1 amide bonds. The topological polar surface area (TPSA) is 29.5 Å². The van der Waals surface area contributed by atoms with E-state index in [9.17, 15) is 4.79 Å². The van der Waals surface area contributed by atoms with Gasteiger partial charge >= 0.3 is 0 Å². The molecule has 3 nitrogen and oxygen atoms in total. The largest absolute Gasteiger partial charge is 0.378 e. The Balaban J connectivity index is 1.84. The molecule has 1 unspecified atom stereocenters. The van der Waals surface area contributed by atoms with Gasteiger partial charge in [0, 0.05) is 26.3 Å². The summed E-state index contributed by atoms with van der Waals surface area (Å²) in [5, 5.41) is 0. The summed E-state index contributed by atoms with van der Waals surface area (Å²) in [5.41, 5.74) is 2.09. The second-order valence-electron chi connectivity index (χ2n) is 5.73.